The van der Waals surface area contributed by atoms with Crippen LogP contribution in [0.1, 0.15) is 15.9 Å². The van der Waals surface area contributed by atoms with E-state index in [0.717, 1.165) is 11.3 Å². The SMILES string of the molecule is CNCC(O)C(=O)N1CCN(C(=O)c2ccc(Nc3nccn4c(-c5ccc(OC)c(F)c5)cnc34)cc2C)CC1. The zero-order chi connectivity index (χ0) is 29.1. The first-order valence-electron chi connectivity index (χ1n) is 13.2. The van der Waals surface area contributed by atoms with Crippen molar-refractivity contribution in [2.24, 2.45) is 0 Å². The molecule has 214 valence electrons. The van der Waals surface area contributed by atoms with Crippen LogP contribution >= 0.6 is 0 Å². The summed E-state index contributed by atoms with van der Waals surface area (Å²) in [5.74, 6) is -0.228. The van der Waals surface area contributed by atoms with Gasteiger partial charge in [0.25, 0.3) is 11.8 Å². The quantitative estimate of drug-likeness (QED) is 0.300. The summed E-state index contributed by atoms with van der Waals surface area (Å²) in [4.78, 5) is 37.9. The topological polar surface area (TPSA) is 124 Å². The molecule has 3 N–H and O–H groups in total. The number of imidazole rings is 1. The normalized spacial score (nSPS) is 14.3. The highest BCUT2D eigenvalue weighted by Crippen LogP contribution is 2.29. The number of hydrogen-bond donors (Lipinski definition) is 3. The Hall–Kier alpha value is -4.55. The molecule has 1 aliphatic rings. The second kappa shape index (κ2) is 11.9. The minimum Gasteiger partial charge on any atom is -0.494 e. The summed E-state index contributed by atoms with van der Waals surface area (Å²) in [5, 5.41) is 16.0. The molecule has 41 heavy (non-hydrogen) atoms. The summed E-state index contributed by atoms with van der Waals surface area (Å²) in [5.41, 5.74) is 3.99. The Kier molecular flexibility index (Phi) is 8.13. The van der Waals surface area contributed by atoms with Crippen LogP contribution in [0.15, 0.2) is 55.0 Å². The Bertz CT molecular complexity index is 1580. The maximum absolute atomic E-state index is 14.3. The number of aryl methyl sites for hydroxylation is 1. The van der Waals surface area contributed by atoms with Crippen LogP contribution in [-0.2, 0) is 4.79 Å². The van der Waals surface area contributed by atoms with Gasteiger partial charge in [0.1, 0.15) is 6.10 Å². The van der Waals surface area contributed by atoms with E-state index >= 15 is 0 Å². The van der Waals surface area contributed by atoms with Crippen molar-refractivity contribution in [3.05, 3.63) is 71.9 Å². The maximum atomic E-state index is 14.3. The number of benzene rings is 2. The second-order valence-corrected chi connectivity index (χ2v) is 9.81. The van der Waals surface area contributed by atoms with E-state index in [-0.39, 0.29) is 24.1 Å². The molecule has 2 amide bonds. The zero-order valence-electron chi connectivity index (χ0n) is 23.1. The highest BCUT2D eigenvalue weighted by atomic mass is 19.1. The molecule has 1 unspecified atom stereocenters. The Labute approximate surface area is 236 Å². The molecule has 12 heteroatoms. The van der Waals surface area contributed by atoms with E-state index in [1.807, 2.05) is 23.5 Å². The fraction of sp³-hybridized carbons (Fsp3) is 0.310. The Morgan fingerprint density at radius 3 is 2.54 bits per heavy atom. The van der Waals surface area contributed by atoms with Crippen LogP contribution in [0.4, 0.5) is 15.9 Å². The third-order valence-electron chi connectivity index (χ3n) is 7.16. The van der Waals surface area contributed by atoms with Gasteiger partial charge < -0.3 is 30.3 Å². The number of amides is 2. The molecule has 0 aliphatic carbocycles. The van der Waals surface area contributed by atoms with Crippen molar-refractivity contribution < 1.29 is 23.8 Å². The van der Waals surface area contributed by atoms with E-state index in [9.17, 15) is 19.1 Å². The van der Waals surface area contributed by atoms with Crippen molar-refractivity contribution in [3.8, 4) is 17.0 Å². The predicted octanol–water partition coefficient (Wildman–Crippen LogP) is 2.46. The zero-order valence-corrected chi connectivity index (χ0v) is 23.1. The minimum absolute atomic E-state index is 0.109. The lowest BCUT2D eigenvalue weighted by Gasteiger charge is -2.36. The summed E-state index contributed by atoms with van der Waals surface area (Å²) < 4.78 is 21.2. The number of ether oxygens (including phenoxy) is 1. The van der Waals surface area contributed by atoms with Gasteiger partial charge in [-0.15, -0.1) is 0 Å². The van der Waals surface area contributed by atoms with Gasteiger partial charge in [0.15, 0.2) is 23.0 Å². The predicted molar refractivity (Wildman–Crippen MR) is 152 cm³/mol. The number of methoxy groups -OCH3 is 1. The van der Waals surface area contributed by atoms with Crippen LogP contribution < -0.4 is 15.4 Å². The molecule has 3 heterocycles. The first-order valence-corrected chi connectivity index (χ1v) is 13.2. The van der Waals surface area contributed by atoms with Crippen molar-refractivity contribution in [1.29, 1.82) is 0 Å². The number of carbonyl (C=O) groups is 2. The number of fused-ring (bicyclic) bond motifs is 1. The Balaban J connectivity index is 1.29. The van der Waals surface area contributed by atoms with E-state index in [1.54, 1.807) is 53.6 Å². The number of carbonyl (C=O) groups excluding carboxylic acids is 2. The molecule has 0 saturated carbocycles. The third kappa shape index (κ3) is 5.70. The van der Waals surface area contributed by atoms with Crippen LogP contribution in [0.2, 0.25) is 0 Å². The van der Waals surface area contributed by atoms with Gasteiger partial charge in [0.05, 0.1) is 19.0 Å². The largest absolute Gasteiger partial charge is 0.494 e. The summed E-state index contributed by atoms with van der Waals surface area (Å²) >= 11 is 0. The molecule has 0 spiro atoms. The molecule has 11 nitrogen and oxygen atoms in total. The average Bonchev–Trinajstić information content (AvgIpc) is 3.42. The van der Waals surface area contributed by atoms with Crippen molar-refractivity contribution in [3.63, 3.8) is 0 Å². The van der Waals surface area contributed by atoms with E-state index in [2.05, 4.69) is 20.6 Å². The highest BCUT2D eigenvalue weighted by Gasteiger charge is 2.28. The van der Waals surface area contributed by atoms with Crippen molar-refractivity contribution in [2.45, 2.75) is 13.0 Å². The number of nitrogens with one attached hydrogen (secondary N) is 2. The number of piperazine rings is 1. The standard InChI is InChI=1S/C29H32FN7O4/c1-18-14-20(5-6-21(18)28(39)35-10-12-36(13-11-35)29(40)24(38)17-31-2)34-26-27-33-16-23(37(27)9-8-32-26)19-4-7-25(41-3)22(30)15-19/h4-9,14-16,24,31,38H,10-13,17H2,1-3H3,(H,32,34). The Morgan fingerprint density at radius 1 is 1.10 bits per heavy atom. The van der Waals surface area contributed by atoms with Crippen molar-refractivity contribution in [1.82, 2.24) is 29.5 Å². The number of aliphatic hydroxyl groups is 1. The molecule has 0 bridgehead atoms. The second-order valence-electron chi connectivity index (χ2n) is 9.81. The molecule has 2 aromatic carbocycles. The van der Waals surface area contributed by atoms with Gasteiger partial charge in [0, 0.05) is 61.9 Å². The average molecular weight is 562 g/mol. The van der Waals surface area contributed by atoms with Crippen LogP contribution in [0, 0.1) is 12.7 Å². The van der Waals surface area contributed by atoms with Crippen molar-refractivity contribution >= 4 is 29.0 Å². The molecule has 1 saturated heterocycles. The van der Waals surface area contributed by atoms with Crippen molar-refractivity contribution in [2.75, 3.05) is 52.2 Å². The molecule has 0 radical (unpaired) electrons. The molecule has 1 aliphatic heterocycles. The molecular weight excluding hydrogens is 529 g/mol. The smallest absolute Gasteiger partial charge is 0.254 e. The number of rotatable bonds is 8. The third-order valence-corrected chi connectivity index (χ3v) is 7.16. The molecular formula is C29H32FN7O4. The van der Waals surface area contributed by atoms with Crippen LogP contribution in [0.3, 0.4) is 0 Å². The Morgan fingerprint density at radius 2 is 1.85 bits per heavy atom. The number of aromatic nitrogens is 3. The van der Waals surface area contributed by atoms with Gasteiger partial charge >= 0.3 is 0 Å². The number of aliphatic hydroxyl groups excluding tert-OH is 1. The monoisotopic (exact) mass is 561 g/mol. The van der Waals surface area contributed by atoms with Gasteiger partial charge in [-0.05, 0) is 55.9 Å². The summed E-state index contributed by atoms with van der Waals surface area (Å²) in [6, 6.07) is 10.2. The first kappa shape index (κ1) is 28.0. The first-order chi connectivity index (χ1) is 19.8. The number of hydrogen-bond acceptors (Lipinski definition) is 8. The summed E-state index contributed by atoms with van der Waals surface area (Å²) in [6.45, 7) is 3.58. The summed E-state index contributed by atoms with van der Waals surface area (Å²) in [6.07, 6.45) is 3.95. The minimum atomic E-state index is -1.09. The molecule has 2 aromatic heterocycles. The molecule has 5 rings (SSSR count). The van der Waals surface area contributed by atoms with Gasteiger partial charge in [-0.2, -0.15) is 0 Å². The van der Waals surface area contributed by atoms with E-state index in [0.29, 0.717) is 54.5 Å². The summed E-state index contributed by atoms with van der Waals surface area (Å²) in [7, 11) is 3.10. The fourth-order valence-electron chi connectivity index (χ4n) is 4.96. The number of nitrogens with zero attached hydrogens (tertiary/aromatic N) is 5. The van der Waals surface area contributed by atoms with Gasteiger partial charge in [-0.25, -0.2) is 14.4 Å². The van der Waals surface area contributed by atoms with Gasteiger partial charge in [-0.3, -0.25) is 14.0 Å². The van der Waals surface area contributed by atoms with E-state index in [4.69, 9.17) is 4.74 Å². The lowest BCUT2D eigenvalue weighted by molar-refractivity contribution is -0.141. The molecule has 4 aromatic rings. The molecule has 1 fully saturated rings. The number of halogens is 1. The lowest BCUT2D eigenvalue weighted by Crippen LogP contribution is -2.54. The maximum Gasteiger partial charge on any atom is 0.254 e. The van der Waals surface area contributed by atoms with E-state index < -0.39 is 11.9 Å². The number of anilines is 2. The lowest BCUT2D eigenvalue weighted by atomic mass is 10.1. The van der Waals surface area contributed by atoms with Gasteiger partial charge in [-0.1, -0.05) is 0 Å². The van der Waals surface area contributed by atoms with Crippen LogP contribution in [-0.4, -0.2) is 94.1 Å². The molecule has 1 atom stereocenters. The van der Waals surface area contributed by atoms with Gasteiger partial charge in [0.2, 0.25) is 0 Å². The highest BCUT2D eigenvalue weighted by molar-refractivity contribution is 5.96. The van der Waals surface area contributed by atoms with E-state index in [1.165, 1.54) is 13.2 Å². The fourth-order valence-corrected chi connectivity index (χ4v) is 4.96. The van der Waals surface area contributed by atoms with Crippen LogP contribution in [0.5, 0.6) is 5.75 Å². The number of likely N-dealkylation sites (N-methyl/N-ethyl adjacent to an activating group) is 1. The van der Waals surface area contributed by atoms with Crippen LogP contribution in [0.25, 0.3) is 16.9 Å².